The molecule has 4 aromatic carbocycles. The zero-order chi connectivity index (χ0) is 48.0. The Morgan fingerprint density at radius 1 is 0.544 bits per heavy atom. The summed E-state index contributed by atoms with van der Waals surface area (Å²) >= 11 is 0. The van der Waals surface area contributed by atoms with Gasteiger partial charge in [0, 0.05) is 27.5 Å². The van der Waals surface area contributed by atoms with Crippen LogP contribution in [0.3, 0.4) is 0 Å². The van der Waals surface area contributed by atoms with Gasteiger partial charge >= 0.3 is 0 Å². The van der Waals surface area contributed by atoms with Gasteiger partial charge in [-0.3, -0.25) is 0 Å². The molecule has 9 atom stereocenters. The summed E-state index contributed by atoms with van der Waals surface area (Å²) in [6.07, 6.45) is 7.86. The maximum Gasteiger partial charge on any atom is 0.261 e. The van der Waals surface area contributed by atoms with Crippen molar-refractivity contribution in [2.45, 2.75) is 177 Å². The van der Waals surface area contributed by atoms with Crippen LogP contribution in [0.1, 0.15) is 86.5 Å². The van der Waals surface area contributed by atoms with E-state index in [1.165, 1.54) is 20.7 Å². The fourth-order valence-electron chi connectivity index (χ4n) is 11.3. The molecule has 4 aliphatic rings. The van der Waals surface area contributed by atoms with E-state index in [2.05, 4.69) is 189 Å². The average Bonchev–Trinajstić information content (AvgIpc) is 3.61. The average molecular weight is 978 g/mol. The van der Waals surface area contributed by atoms with Crippen LogP contribution >= 0.6 is 0 Å². The Hall–Kier alpha value is -3.21. The maximum atomic E-state index is 8.09. The number of hydrogen-bond donors (Lipinski definition) is 0. The fraction of sp³-hybridized carbons (Fsp3) is 0.544. The summed E-state index contributed by atoms with van der Waals surface area (Å²) in [7, 11) is -7.17. The molecule has 0 aliphatic carbocycles. The predicted molar refractivity (Wildman–Crippen MR) is 282 cm³/mol. The van der Waals surface area contributed by atoms with Crippen LogP contribution in [0.25, 0.3) is 0 Å². The molecule has 11 heteroatoms. The second kappa shape index (κ2) is 22.1. The standard InChI is InChI=1S/C57H80O8Si3/c1-56(2,3)67(43-24-14-10-15-25-43,44-26-16-11-17-27-44)61-42-54-53(65-68(57(4,5)6,45-28-18-12-19-29-45)46-30-20-13-21-31-46)40-52-49(63-54)34-33-48-50(62-52)35-38-60-55(64-48)41-51-47(32-22-36-59-51)58-37-23-39-66(7,8)9/h10-21,23-31,37,47-55H,22,32-36,38-42H2,1-9H3/b37-23+/t47-,48+,49-,50-,51+,52+,53-,54+,55+/m0/s1. The number of fused-ring (bicyclic) bond motifs is 2. The van der Waals surface area contributed by atoms with Crippen molar-refractivity contribution in [1.29, 1.82) is 0 Å². The number of rotatable bonds is 15. The molecule has 4 saturated heterocycles. The van der Waals surface area contributed by atoms with Crippen LogP contribution in [0.15, 0.2) is 134 Å². The zero-order valence-corrected chi connectivity index (χ0v) is 45.4. The first-order valence-corrected chi connectivity index (χ1v) is 33.1. The van der Waals surface area contributed by atoms with Gasteiger partial charge in [0.1, 0.15) is 12.2 Å². The Morgan fingerprint density at radius 3 is 1.59 bits per heavy atom. The van der Waals surface area contributed by atoms with Crippen LogP contribution < -0.4 is 20.7 Å². The minimum atomic E-state index is -3.03. The van der Waals surface area contributed by atoms with Crippen molar-refractivity contribution in [3.05, 3.63) is 134 Å². The van der Waals surface area contributed by atoms with Gasteiger partial charge in [0.25, 0.3) is 16.6 Å². The van der Waals surface area contributed by atoms with Crippen LogP contribution in [0, 0.1) is 0 Å². The van der Waals surface area contributed by atoms with E-state index in [-0.39, 0.29) is 58.9 Å². The van der Waals surface area contributed by atoms with E-state index in [1.807, 2.05) is 6.26 Å². The van der Waals surface area contributed by atoms with Gasteiger partial charge in [-0.05, 0) is 69.0 Å². The lowest BCUT2D eigenvalue weighted by atomic mass is 9.95. The summed E-state index contributed by atoms with van der Waals surface area (Å²) in [6, 6.07) is 44.9. The number of ether oxygens (including phenoxy) is 6. The van der Waals surface area contributed by atoms with E-state index in [0.717, 1.165) is 44.8 Å². The molecule has 0 spiro atoms. The van der Waals surface area contributed by atoms with E-state index in [1.54, 1.807) is 0 Å². The van der Waals surface area contributed by atoms with Gasteiger partial charge in [-0.2, -0.15) is 0 Å². The minimum Gasteiger partial charge on any atom is -0.496 e. The van der Waals surface area contributed by atoms with E-state index < -0.39 is 31.0 Å². The molecular weight excluding hydrogens is 897 g/mol. The Balaban J connectivity index is 1.10. The van der Waals surface area contributed by atoms with Crippen LogP contribution in [0.5, 0.6) is 0 Å². The Labute approximate surface area is 411 Å². The largest absolute Gasteiger partial charge is 0.496 e. The van der Waals surface area contributed by atoms with Gasteiger partial charge in [-0.15, -0.1) is 0 Å². The minimum absolute atomic E-state index is 0.0231. The van der Waals surface area contributed by atoms with Gasteiger partial charge in [-0.25, -0.2) is 0 Å². The normalized spacial score (nSPS) is 27.7. The summed E-state index contributed by atoms with van der Waals surface area (Å²) in [5.41, 5.74) is 0. The van der Waals surface area contributed by atoms with Crippen LogP contribution in [0.2, 0.25) is 35.8 Å². The third kappa shape index (κ3) is 11.6. The number of hydrogen-bond acceptors (Lipinski definition) is 8. The van der Waals surface area contributed by atoms with E-state index in [9.17, 15) is 0 Å². The molecule has 368 valence electrons. The summed E-state index contributed by atoms with van der Waals surface area (Å²) in [5, 5.41) is 4.55. The molecule has 4 heterocycles. The van der Waals surface area contributed by atoms with E-state index in [4.69, 9.17) is 37.3 Å². The highest BCUT2D eigenvalue weighted by atomic mass is 28.4. The first-order valence-electron chi connectivity index (χ1n) is 25.6. The van der Waals surface area contributed by atoms with Crippen molar-refractivity contribution in [1.82, 2.24) is 0 Å². The van der Waals surface area contributed by atoms with Gasteiger partial charge in [0.05, 0.1) is 56.1 Å². The second-order valence-corrected chi connectivity index (χ2v) is 37.0. The van der Waals surface area contributed by atoms with Gasteiger partial charge in [0.2, 0.25) is 0 Å². The first-order chi connectivity index (χ1) is 32.6. The van der Waals surface area contributed by atoms with Crippen molar-refractivity contribution < 1.29 is 37.3 Å². The molecule has 0 aromatic heterocycles. The molecule has 8 rings (SSSR count). The second-order valence-electron chi connectivity index (χ2n) is 22.9. The summed E-state index contributed by atoms with van der Waals surface area (Å²) in [4.78, 5) is 0. The highest BCUT2D eigenvalue weighted by molar-refractivity contribution is 7.00. The Kier molecular flexibility index (Phi) is 16.6. The van der Waals surface area contributed by atoms with Crippen LogP contribution in [-0.2, 0) is 37.3 Å². The smallest absolute Gasteiger partial charge is 0.261 e. The van der Waals surface area contributed by atoms with Crippen LogP contribution in [-0.4, -0.2) is 99.7 Å². The summed E-state index contributed by atoms with van der Waals surface area (Å²) in [6.45, 7) is 22.9. The van der Waals surface area contributed by atoms with Gasteiger partial charge < -0.3 is 37.3 Å². The molecule has 68 heavy (non-hydrogen) atoms. The summed E-state index contributed by atoms with van der Waals surface area (Å²) < 4.78 is 56.8. The molecule has 0 saturated carbocycles. The highest BCUT2D eigenvalue weighted by Gasteiger charge is 2.56. The molecular formula is C57H80O8Si3. The molecule has 0 N–H and O–H groups in total. The van der Waals surface area contributed by atoms with Crippen molar-refractivity contribution in [3.63, 3.8) is 0 Å². The van der Waals surface area contributed by atoms with Crippen molar-refractivity contribution in [3.8, 4) is 0 Å². The maximum absolute atomic E-state index is 8.09. The lowest BCUT2D eigenvalue weighted by molar-refractivity contribution is -0.209. The van der Waals surface area contributed by atoms with Crippen molar-refractivity contribution in [2.75, 3.05) is 19.8 Å². The molecule has 4 aromatic rings. The topological polar surface area (TPSA) is 73.8 Å². The quantitative estimate of drug-likeness (QED) is 0.0862. The first kappa shape index (κ1) is 51.2. The molecule has 0 bridgehead atoms. The lowest BCUT2D eigenvalue weighted by Gasteiger charge is -2.50. The molecule has 8 nitrogen and oxygen atoms in total. The summed E-state index contributed by atoms with van der Waals surface area (Å²) in [5.74, 6) is 0. The van der Waals surface area contributed by atoms with Crippen molar-refractivity contribution >= 4 is 45.5 Å². The third-order valence-electron chi connectivity index (χ3n) is 14.7. The van der Waals surface area contributed by atoms with Crippen molar-refractivity contribution in [2.24, 2.45) is 0 Å². The number of allylic oxidation sites excluding steroid dienone is 1. The molecule has 4 fully saturated rings. The van der Waals surface area contributed by atoms with E-state index in [0.29, 0.717) is 26.1 Å². The Bertz CT molecular complexity index is 2100. The monoisotopic (exact) mass is 977 g/mol. The molecule has 0 amide bonds. The molecule has 0 unspecified atom stereocenters. The third-order valence-corrected chi connectivity index (χ3v) is 26.2. The molecule has 0 radical (unpaired) electrons. The lowest BCUT2D eigenvalue weighted by Crippen LogP contribution is -2.70. The van der Waals surface area contributed by atoms with E-state index >= 15 is 0 Å². The Morgan fingerprint density at radius 2 is 1.06 bits per heavy atom. The van der Waals surface area contributed by atoms with Gasteiger partial charge in [-0.1, -0.05) is 189 Å². The fourth-order valence-corrected chi connectivity index (χ4v) is 21.4. The number of benzene rings is 4. The van der Waals surface area contributed by atoms with Gasteiger partial charge in [0.15, 0.2) is 6.29 Å². The van der Waals surface area contributed by atoms with Crippen LogP contribution in [0.4, 0.5) is 0 Å². The zero-order valence-electron chi connectivity index (χ0n) is 42.4. The SMILES string of the molecule is CC(C)(C)[Si](OC[C@H]1O[C@H]2CC[C@H]3O[C@H](C[C@H]4OCCC[C@@H]4O/C=C/C[Si](C)(C)C)OCC[C@@H]3O[C@@H]2C[C@@H]1O[Si](c1ccccc1)(c1ccccc1)C(C)(C)C)(c1ccccc1)c1ccccc1. The highest BCUT2D eigenvalue weighted by Crippen LogP contribution is 2.43. The predicted octanol–water partition coefficient (Wildman–Crippen LogP) is 10.2. The molecule has 4 aliphatic heterocycles.